The molecule has 0 bridgehead atoms. The molecule has 2 aliphatic heterocycles. The molecule has 116 valence electrons. The highest BCUT2D eigenvalue weighted by atomic mass is 16.6. The van der Waals surface area contributed by atoms with Gasteiger partial charge >= 0.3 is 0 Å². The Kier molecular flexibility index (Phi) is 3.50. The van der Waals surface area contributed by atoms with Crippen LogP contribution in [0.2, 0.25) is 0 Å². The molecule has 5 nitrogen and oxygen atoms in total. The van der Waals surface area contributed by atoms with Crippen molar-refractivity contribution in [3.05, 3.63) is 41.7 Å². The maximum Gasteiger partial charge on any atom is 0.161 e. The van der Waals surface area contributed by atoms with Gasteiger partial charge in [-0.15, -0.1) is 0 Å². The van der Waals surface area contributed by atoms with Gasteiger partial charge in [-0.2, -0.15) is 5.10 Å². The third-order valence-electron chi connectivity index (χ3n) is 4.47. The van der Waals surface area contributed by atoms with Crippen molar-refractivity contribution in [2.45, 2.75) is 25.4 Å². The van der Waals surface area contributed by atoms with Gasteiger partial charge < -0.3 is 9.47 Å². The second kappa shape index (κ2) is 5.65. The Hall–Kier alpha value is -2.01. The topological polar surface area (TPSA) is 39.5 Å². The van der Waals surface area contributed by atoms with Crippen LogP contribution in [0.3, 0.4) is 0 Å². The Labute approximate surface area is 130 Å². The predicted molar refractivity (Wildman–Crippen MR) is 83.0 cm³/mol. The fourth-order valence-corrected chi connectivity index (χ4v) is 3.43. The maximum atomic E-state index is 5.69. The van der Waals surface area contributed by atoms with Crippen LogP contribution in [-0.4, -0.2) is 34.4 Å². The van der Waals surface area contributed by atoms with Crippen molar-refractivity contribution < 1.29 is 9.47 Å². The van der Waals surface area contributed by atoms with Crippen LogP contribution in [-0.2, 0) is 13.6 Å². The fourth-order valence-electron chi connectivity index (χ4n) is 3.43. The second-order valence-electron chi connectivity index (χ2n) is 6.05. The first-order valence-corrected chi connectivity index (χ1v) is 7.91. The molecule has 3 heterocycles. The minimum Gasteiger partial charge on any atom is -0.486 e. The molecule has 1 aromatic heterocycles. The van der Waals surface area contributed by atoms with E-state index in [1.54, 1.807) is 0 Å². The second-order valence-corrected chi connectivity index (χ2v) is 6.05. The van der Waals surface area contributed by atoms with Gasteiger partial charge in [-0.1, -0.05) is 6.07 Å². The van der Waals surface area contributed by atoms with Gasteiger partial charge in [0.25, 0.3) is 0 Å². The molecule has 1 aromatic carbocycles. The maximum absolute atomic E-state index is 5.69. The highest BCUT2D eigenvalue weighted by Crippen LogP contribution is 2.35. The zero-order valence-corrected chi connectivity index (χ0v) is 12.9. The third-order valence-corrected chi connectivity index (χ3v) is 4.47. The Morgan fingerprint density at radius 1 is 1.23 bits per heavy atom. The molecule has 0 N–H and O–H groups in total. The molecule has 0 spiro atoms. The zero-order chi connectivity index (χ0) is 14.9. The van der Waals surface area contributed by atoms with Gasteiger partial charge in [0.05, 0.1) is 6.20 Å². The van der Waals surface area contributed by atoms with Crippen LogP contribution in [0.5, 0.6) is 11.5 Å². The first kappa shape index (κ1) is 13.6. The van der Waals surface area contributed by atoms with E-state index in [-0.39, 0.29) is 0 Å². The van der Waals surface area contributed by atoms with Gasteiger partial charge in [0.1, 0.15) is 13.2 Å². The van der Waals surface area contributed by atoms with Crippen molar-refractivity contribution in [3.8, 4) is 11.5 Å². The quantitative estimate of drug-likeness (QED) is 0.873. The fraction of sp³-hybridized carbons (Fsp3) is 0.471. The molecule has 2 aliphatic rings. The van der Waals surface area contributed by atoms with Crippen molar-refractivity contribution >= 4 is 0 Å². The number of aryl methyl sites for hydroxylation is 1. The van der Waals surface area contributed by atoms with E-state index in [1.807, 2.05) is 24.0 Å². The lowest BCUT2D eigenvalue weighted by Gasteiger charge is -2.25. The van der Waals surface area contributed by atoms with Crippen molar-refractivity contribution in [2.75, 3.05) is 19.8 Å². The average molecular weight is 299 g/mol. The van der Waals surface area contributed by atoms with Crippen LogP contribution in [0.15, 0.2) is 30.6 Å². The summed E-state index contributed by atoms with van der Waals surface area (Å²) in [6.07, 6.45) is 6.57. The molecule has 5 heteroatoms. The molecular formula is C17H21N3O2. The van der Waals surface area contributed by atoms with Gasteiger partial charge in [-0.25, -0.2) is 0 Å². The standard InChI is InChI=1S/C17H21N3O2/c1-19-12-14(10-18-19)15-3-2-6-20(15)11-13-4-5-16-17(9-13)22-8-7-21-16/h4-5,9-10,12,15H,2-3,6-8,11H2,1H3. The minimum atomic E-state index is 0.474. The lowest BCUT2D eigenvalue weighted by molar-refractivity contribution is 0.171. The van der Waals surface area contributed by atoms with Crippen molar-refractivity contribution in [1.82, 2.24) is 14.7 Å². The summed E-state index contributed by atoms with van der Waals surface area (Å²) in [5.41, 5.74) is 2.59. The highest BCUT2D eigenvalue weighted by Gasteiger charge is 2.27. The van der Waals surface area contributed by atoms with E-state index in [1.165, 1.54) is 24.0 Å². The summed E-state index contributed by atoms with van der Waals surface area (Å²) in [6, 6.07) is 6.76. The number of fused-ring (bicyclic) bond motifs is 1. The molecule has 0 saturated carbocycles. The predicted octanol–water partition coefficient (Wildman–Crippen LogP) is 2.53. The first-order chi connectivity index (χ1) is 10.8. The molecule has 0 aliphatic carbocycles. The van der Waals surface area contributed by atoms with Crippen LogP contribution in [0.25, 0.3) is 0 Å². The number of ether oxygens (including phenoxy) is 2. The van der Waals surface area contributed by atoms with Gasteiger partial charge in [0, 0.05) is 31.4 Å². The normalized spacial score (nSPS) is 21.2. The van der Waals surface area contributed by atoms with Gasteiger partial charge in [0.2, 0.25) is 0 Å². The van der Waals surface area contributed by atoms with E-state index in [4.69, 9.17) is 9.47 Å². The monoisotopic (exact) mass is 299 g/mol. The SMILES string of the molecule is Cn1cc(C2CCCN2Cc2ccc3c(c2)OCCO3)cn1. The van der Waals surface area contributed by atoms with Crippen LogP contribution < -0.4 is 9.47 Å². The molecule has 1 saturated heterocycles. The van der Waals surface area contributed by atoms with E-state index < -0.39 is 0 Å². The van der Waals surface area contributed by atoms with Crippen LogP contribution in [0, 0.1) is 0 Å². The molecular weight excluding hydrogens is 278 g/mol. The van der Waals surface area contributed by atoms with Gasteiger partial charge in [0.15, 0.2) is 11.5 Å². The Balaban J connectivity index is 1.52. The van der Waals surface area contributed by atoms with E-state index in [0.29, 0.717) is 19.3 Å². The number of nitrogens with zero attached hydrogens (tertiary/aromatic N) is 3. The Morgan fingerprint density at radius 2 is 2.09 bits per heavy atom. The third kappa shape index (κ3) is 2.57. The van der Waals surface area contributed by atoms with E-state index in [0.717, 1.165) is 24.6 Å². The van der Waals surface area contributed by atoms with Crippen LogP contribution >= 0.6 is 0 Å². The number of rotatable bonds is 3. The summed E-state index contributed by atoms with van der Waals surface area (Å²) in [5.74, 6) is 1.74. The first-order valence-electron chi connectivity index (χ1n) is 7.91. The molecule has 22 heavy (non-hydrogen) atoms. The summed E-state index contributed by atoms with van der Waals surface area (Å²) in [7, 11) is 1.98. The summed E-state index contributed by atoms with van der Waals surface area (Å²) in [4.78, 5) is 2.53. The average Bonchev–Trinajstić information content (AvgIpc) is 3.16. The number of hydrogen-bond acceptors (Lipinski definition) is 4. The van der Waals surface area contributed by atoms with Crippen molar-refractivity contribution in [1.29, 1.82) is 0 Å². The molecule has 4 rings (SSSR count). The number of likely N-dealkylation sites (tertiary alicyclic amines) is 1. The highest BCUT2D eigenvalue weighted by molar-refractivity contribution is 5.43. The summed E-state index contributed by atoms with van der Waals surface area (Å²) < 4.78 is 13.2. The van der Waals surface area contributed by atoms with Crippen molar-refractivity contribution in [3.63, 3.8) is 0 Å². The van der Waals surface area contributed by atoms with E-state index >= 15 is 0 Å². The number of aromatic nitrogens is 2. The molecule has 1 atom stereocenters. The van der Waals surface area contributed by atoms with Crippen LogP contribution in [0.1, 0.15) is 30.0 Å². The Morgan fingerprint density at radius 3 is 2.91 bits per heavy atom. The minimum absolute atomic E-state index is 0.474. The molecule has 2 aromatic rings. The summed E-state index contributed by atoms with van der Waals surface area (Å²) >= 11 is 0. The van der Waals surface area contributed by atoms with E-state index in [9.17, 15) is 0 Å². The molecule has 1 fully saturated rings. The smallest absolute Gasteiger partial charge is 0.161 e. The number of hydrogen-bond donors (Lipinski definition) is 0. The summed E-state index contributed by atoms with van der Waals surface area (Å²) in [5, 5.41) is 4.31. The van der Waals surface area contributed by atoms with Crippen LogP contribution in [0.4, 0.5) is 0 Å². The zero-order valence-electron chi connectivity index (χ0n) is 12.9. The lowest BCUT2D eigenvalue weighted by Crippen LogP contribution is -2.23. The molecule has 0 amide bonds. The largest absolute Gasteiger partial charge is 0.486 e. The molecule has 1 unspecified atom stereocenters. The summed E-state index contributed by atoms with van der Waals surface area (Å²) in [6.45, 7) is 3.35. The van der Waals surface area contributed by atoms with Gasteiger partial charge in [-0.3, -0.25) is 9.58 Å². The lowest BCUT2D eigenvalue weighted by atomic mass is 10.1. The van der Waals surface area contributed by atoms with Crippen molar-refractivity contribution in [2.24, 2.45) is 7.05 Å². The Bertz CT molecular complexity index is 668. The molecule has 0 radical (unpaired) electrons. The van der Waals surface area contributed by atoms with Gasteiger partial charge in [-0.05, 0) is 37.1 Å². The number of benzene rings is 1. The van der Waals surface area contributed by atoms with E-state index in [2.05, 4.69) is 28.3 Å².